The van der Waals surface area contributed by atoms with Gasteiger partial charge in [-0.3, -0.25) is 14.5 Å². The van der Waals surface area contributed by atoms with Gasteiger partial charge in [0.25, 0.3) is 0 Å². The molecule has 0 aromatic rings. The summed E-state index contributed by atoms with van der Waals surface area (Å²) in [5.41, 5.74) is -0.326. The van der Waals surface area contributed by atoms with Crippen LogP contribution in [0.25, 0.3) is 0 Å². The molecule has 0 aromatic heterocycles. The predicted octanol–water partition coefficient (Wildman–Crippen LogP) is 2.01. The highest BCUT2D eigenvalue weighted by Gasteiger charge is 2.31. The maximum Gasteiger partial charge on any atom is 0.234 e. The molecule has 2 amide bonds. The van der Waals surface area contributed by atoms with Crippen molar-refractivity contribution in [2.75, 3.05) is 26.7 Å². The van der Waals surface area contributed by atoms with E-state index in [0.717, 1.165) is 38.8 Å². The largest absolute Gasteiger partial charge is 0.352 e. The first kappa shape index (κ1) is 18.2. The van der Waals surface area contributed by atoms with Crippen molar-refractivity contribution in [2.24, 2.45) is 5.41 Å². The molecular formula is C18H33N3O2. The number of hydrogen-bond acceptors (Lipinski definition) is 3. The SMILES string of the molecule is CN(C(=O)C(C)(C)C)C1CCN(CC(=O)NC2CCCC2)CC1. The smallest absolute Gasteiger partial charge is 0.234 e. The second kappa shape index (κ2) is 7.65. The van der Waals surface area contributed by atoms with Gasteiger partial charge in [0.2, 0.25) is 11.8 Å². The molecule has 1 heterocycles. The first-order chi connectivity index (χ1) is 10.8. The van der Waals surface area contributed by atoms with Crippen molar-refractivity contribution in [3.05, 3.63) is 0 Å². The van der Waals surface area contributed by atoms with Gasteiger partial charge in [0.15, 0.2) is 0 Å². The quantitative estimate of drug-likeness (QED) is 0.861. The van der Waals surface area contributed by atoms with E-state index in [4.69, 9.17) is 0 Å². The summed E-state index contributed by atoms with van der Waals surface area (Å²) in [6.07, 6.45) is 6.65. The molecule has 1 aliphatic heterocycles. The fourth-order valence-electron chi connectivity index (χ4n) is 3.71. The van der Waals surface area contributed by atoms with Crippen molar-refractivity contribution in [1.82, 2.24) is 15.1 Å². The summed E-state index contributed by atoms with van der Waals surface area (Å²) in [6.45, 7) is 8.19. The second-order valence-corrected chi connectivity index (χ2v) is 8.22. The Morgan fingerprint density at radius 3 is 2.17 bits per heavy atom. The van der Waals surface area contributed by atoms with E-state index in [1.54, 1.807) is 0 Å². The Kier molecular flexibility index (Phi) is 6.06. The van der Waals surface area contributed by atoms with Gasteiger partial charge < -0.3 is 10.2 Å². The lowest BCUT2D eigenvalue weighted by atomic mass is 9.92. The van der Waals surface area contributed by atoms with Gasteiger partial charge in [-0.1, -0.05) is 33.6 Å². The van der Waals surface area contributed by atoms with Crippen molar-refractivity contribution in [1.29, 1.82) is 0 Å². The van der Waals surface area contributed by atoms with E-state index in [9.17, 15) is 9.59 Å². The number of rotatable bonds is 4. The maximum absolute atomic E-state index is 12.4. The molecule has 1 saturated heterocycles. The third-order valence-electron chi connectivity index (χ3n) is 5.15. The topological polar surface area (TPSA) is 52.7 Å². The van der Waals surface area contributed by atoms with E-state index in [2.05, 4.69) is 10.2 Å². The molecule has 2 fully saturated rings. The molecular weight excluding hydrogens is 290 g/mol. The Balaban J connectivity index is 1.73. The van der Waals surface area contributed by atoms with Crippen LogP contribution in [-0.2, 0) is 9.59 Å². The van der Waals surface area contributed by atoms with Gasteiger partial charge in [-0.25, -0.2) is 0 Å². The van der Waals surface area contributed by atoms with Crippen molar-refractivity contribution in [3.8, 4) is 0 Å². The van der Waals surface area contributed by atoms with E-state index >= 15 is 0 Å². The first-order valence-corrected chi connectivity index (χ1v) is 9.06. The Morgan fingerprint density at radius 2 is 1.65 bits per heavy atom. The maximum atomic E-state index is 12.4. The summed E-state index contributed by atoms with van der Waals surface area (Å²) in [7, 11) is 1.92. The number of piperidine rings is 1. The normalized spacial score (nSPS) is 21.4. The Labute approximate surface area is 140 Å². The summed E-state index contributed by atoms with van der Waals surface area (Å²) in [5, 5.41) is 3.15. The lowest BCUT2D eigenvalue weighted by Crippen LogP contribution is -2.50. The number of nitrogens with one attached hydrogen (secondary N) is 1. The monoisotopic (exact) mass is 323 g/mol. The second-order valence-electron chi connectivity index (χ2n) is 8.22. The van der Waals surface area contributed by atoms with Crippen LogP contribution in [0.2, 0.25) is 0 Å². The number of likely N-dealkylation sites (tertiary alicyclic amines) is 1. The zero-order valence-corrected chi connectivity index (χ0v) is 15.2. The van der Waals surface area contributed by atoms with E-state index in [0.29, 0.717) is 18.6 Å². The van der Waals surface area contributed by atoms with Crippen LogP contribution in [0.3, 0.4) is 0 Å². The minimum absolute atomic E-state index is 0.162. The molecule has 0 atom stereocenters. The third kappa shape index (κ3) is 5.20. The van der Waals surface area contributed by atoms with E-state index in [1.807, 2.05) is 32.7 Å². The van der Waals surface area contributed by atoms with E-state index < -0.39 is 0 Å². The summed E-state index contributed by atoms with van der Waals surface area (Å²) < 4.78 is 0. The molecule has 0 radical (unpaired) electrons. The van der Waals surface area contributed by atoms with Gasteiger partial charge in [0, 0.05) is 37.6 Å². The summed E-state index contributed by atoms with van der Waals surface area (Å²) >= 11 is 0. The highest BCUT2D eigenvalue weighted by atomic mass is 16.2. The molecule has 132 valence electrons. The average molecular weight is 323 g/mol. The molecule has 0 aromatic carbocycles. The lowest BCUT2D eigenvalue weighted by molar-refractivity contribution is -0.141. The number of amides is 2. The molecule has 0 bridgehead atoms. The Bertz CT molecular complexity index is 416. The molecule has 2 aliphatic rings. The molecule has 0 unspecified atom stereocenters. The lowest BCUT2D eigenvalue weighted by Gasteiger charge is -2.38. The fourth-order valence-corrected chi connectivity index (χ4v) is 3.71. The number of carbonyl (C=O) groups excluding carboxylic acids is 2. The summed E-state index contributed by atoms with van der Waals surface area (Å²) in [5.74, 6) is 0.365. The van der Waals surface area contributed by atoms with Crippen LogP contribution < -0.4 is 5.32 Å². The van der Waals surface area contributed by atoms with Crippen molar-refractivity contribution < 1.29 is 9.59 Å². The zero-order valence-electron chi connectivity index (χ0n) is 15.2. The number of hydrogen-bond donors (Lipinski definition) is 1. The third-order valence-corrected chi connectivity index (χ3v) is 5.15. The van der Waals surface area contributed by atoms with E-state index in [-0.39, 0.29) is 17.2 Å². The van der Waals surface area contributed by atoms with Crippen molar-refractivity contribution in [2.45, 2.75) is 71.4 Å². The van der Waals surface area contributed by atoms with Crippen LogP contribution in [0, 0.1) is 5.41 Å². The van der Waals surface area contributed by atoms with Crippen LogP contribution in [-0.4, -0.2) is 60.4 Å². The van der Waals surface area contributed by atoms with Crippen LogP contribution in [0.1, 0.15) is 59.3 Å². The molecule has 1 saturated carbocycles. The summed E-state index contributed by atoms with van der Waals surface area (Å²) in [4.78, 5) is 28.6. The van der Waals surface area contributed by atoms with E-state index in [1.165, 1.54) is 12.8 Å². The zero-order chi connectivity index (χ0) is 17.0. The molecule has 5 nitrogen and oxygen atoms in total. The Morgan fingerprint density at radius 1 is 1.09 bits per heavy atom. The molecule has 23 heavy (non-hydrogen) atoms. The first-order valence-electron chi connectivity index (χ1n) is 9.06. The van der Waals surface area contributed by atoms with Crippen LogP contribution in [0.4, 0.5) is 0 Å². The Hall–Kier alpha value is -1.10. The van der Waals surface area contributed by atoms with Gasteiger partial charge >= 0.3 is 0 Å². The minimum atomic E-state index is -0.326. The van der Waals surface area contributed by atoms with Crippen LogP contribution >= 0.6 is 0 Å². The molecule has 0 spiro atoms. The number of carbonyl (C=O) groups is 2. The molecule has 5 heteroatoms. The van der Waals surface area contributed by atoms with Crippen molar-refractivity contribution >= 4 is 11.8 Å². The van der Waals surface area contributed by atoms with Crippen LogP contribution in [0.5, 0.6) is 0 Å². The highest BCUT2D eigenvalue weighted by molar-refractivity contribution is 5.81. The van der Waals surface area contributed by atoms with Gasteiger partial charge in [-0.05, 0) is 25.7 Å². The highest BCUT2D eigenvalue weighted by Crippen LogP contribution is 2.22. The molecule has 1 N–H and O–H groups in total. The standard InChI is InChI=1S/C18H33N3O2/c1-18(2,3)17(23)20(4)15-9-11-21(12-10-15)13-16(22)19-14-7-5-6-8-14/h14-15H,5-13H2,1-4H3,(H,19,22). The van der Waals surface area contributed by atoms with Crippen molar-refractivity contribution in [3.63, 3.8) is 0 Å². The van der Waals surface area contributed by atoms with Gasteiger partial charge in [0.1, 0.15) is 0 Å². The fraction of sp³-hybridized carbons (Fsp3) is 0.889. The van der Waals surface area contributed by atoms with Gasteiger partial charge in [-0.15, -0.1) is 0 Å². The summed E-state index contributed by atoms with van der Waals surface area (Å²) in [6, 6.07) is 0.700. The van der Waals surface area contributed by atoms with Gasteiger partial charge in [0.05, 0.1) is 6.54 Å². The number of nitrogens with zero attached hydrogens (tertiary/aromatic N) is 2. The minimum Gasteiger partial charge on any atom is -0.352 e. The molecule has 1 aliphatic carbocycles. The van der Waals surface area contributed by atoms with Gasteiger partial charge in [-0.2, -0.15) is 0 Å². The average Bonchev–Trinajstić information content (AvgIpc) is 2.98. The molecule has 2 rings (SSSR count). The predicted molar refractivity (Wildman–Crippen MR) is 92.1 cm³/mol. The van der Waals surface area contributed by atoms with Crippen LogP contribution in [0.15, 0.2) is 0 Å².